The molecule has 0 radical (unpaired) electrons. The lowest BCUT2D eigenvalue weighted by atomic mass is 9.93. The Bertz CT molecular complexity index is 1230. The van der Waals surface area contributed by atoms with Crippen LogP contribution < -0.4 is 10.1 Å². The second kappa shape index (κ2) is 14.1. The van der Waals surface area contributed by atoms with E-state index in [2.05, 4.69) is 15.0 Å². The number of halogens is 3. The van der Waals surface area contributed by atoms with Crippen molar-refractivity contribution in [3.8, 4) is 17.0 Å². The normalized spacial score (nSPS) is 19.2. The molecule has 1 aromatic heterocycles. The molecule has 11 heteroatoms. The van der Waals surface area contributed by atoms with Crippen LogP contribution in [-0.2, 0) is 4.79 Å². The number of benzene rings is 1. The molecule has 8 nitrogen and oxygen atoms in total. The first-order valence-corrected chi connectivity index (χ1v) is 16.0. The molecule has 1 aliphatic heterocycles. The number of hydrogen-bond donors (Lipinski definition) is 1. The minimum absolute atomic E-state index is 0.0197. The number of ether oxygens (including phenoxy) is 1. The van der Waals surface area contributed by atoms with Crippen LogP contribution in [0.4, 0.5) is 13.2 Å². The van der Waals surface area contributed by atoms with Crippen molar-refractivity contribution in [2.24, 2.45) is 0 Å². The molecule has 2 aliphatic carbocycles. The molecule has 2 amide bonds. The number of amides is 2. The number of carbonyl (C=O) groups is 2. The summed E-state index contributed by atoms with van der Waals surface area (Å²) in [6.07, 6.45) is 6.30. The third-order valence-corrected chi connectivity index (χ3v) is 9.17. The van der Waals surface area contributed by atoms with Crippen LogP contribution in [0.15, 0.2) is 30.3 Å². The quantitative estimate of drug-likeness (QED) is 0.307. The van der Waals surface area contributed by atoms with Crippen LogP contribution in [0.5, 0.6) is 5.75 Å². The zero-order chi connectivity index (χ0) is 30.4. The maximum absolute atomic E-state index is 14.2. The van der Waals surface area contributed by atoms with E-state index in [4.69, 9.17) is 5.10 Å². The Hall–Kier alpha value is -3.08. The summed E-state index contributed by atoms with van der Waals surface area (Å²) in [6, 6.07) is 7.47. The number of alkyl halides is 3. The van der Waals surface area contributed by atoms with Crippen molar-refractivity contribution in [2.75, 3.05) is 26.2 Å². The third kappa shape index (κ3) is 8.10. The Morgan fingerprint density at radius 1 is 1.05 bits per heavy atom. The molecule has 1 atom stereocenters. The summed E-state index contributed by atoms with van der Waals surface area (Å²) >= 11 is 0. The van der Waals surface area contributed by atoms with Crippen LogP contribution in [0.3, 0.4) is 0 Å². The number of aromatic nitrogens is 2. The number of para-hydroxylation sites is 1. The summed E-state index contributed by atoms with van der Waals surface area (Å²) in [5, 5.41) is 7.86. The van der Waals surface area contributed by atoms with E-state index < -0.39 is 6.36 Å². The number of rotatable bonds is 12. The molecule has 0 bridgehead atoms. The van der Waals surface area contributed by atoms with Gasteiger partial charge in [-0.2, -0.15) is 5.10 Å². The van der Waals surface area contributed by atoms with E-state index in [0.717, 1.165) is 77.4 Å². The highest BCUT2D eigenvalue weighted by molar-refractivity contribution is 5.94. The Balaban J connectivity index is 1.43. The van der Waals surface area contributed by atoms with Crippen LogP contribution in [0, 0.1) is 0 Å². The van der Waals surface area contributed by atoms with Gasteiger partial charge in [0, 0.05) is 37.2 Å². The number of likely N-dealkylation sites (tertiary alicyclic amines) is 1. The predicted molar refractivity (Wildman–Crippen MR) is 158 cm³/mol. The fourth-order valence-corrected chi connectivity index (χ4v) is 6.67. The lowest BCUT2D eigenvalue weighted by Crippen LogP contribution is -2.47. The molecule has 1 aromatic carbocycles. The number of nitrogens with zero attached hydrogens (tertiary/aromatic N) is 4. The van der Waals surface area contributed by atoms with Crippen LogP contribution in [0.2, 0.25) is 0 Å². The second-order valence-electron chi connectivity index (χ2n) is 12.2. The van der Waals surface area contributed by atoms with Crippen LogP contribution in [-0.4, -0.2) is 76.0 Å². The Kier molecular flexibility index (Phi) is 10.3. The van der Waals surface area contributed by atoms with Crippen molar-refractivity contribution < 1.29 is 27.5 Å². The molecule has 5 rings (SSSR count). The zero-order valence-corrected chi connectivity index (χ0v) is 25.1. The van der Waals surface area contributed by atoms with E-state index in [-0.39, 0.29) is 53.4 Å². The number of nitrogens with one attached hydrogen (secondary N) is 1. The maximum atomic E-state index is 14.2. The van der Waals surface area contributed by atoms with Gasteiger partial charge in [0.25, 0.3) is 5.91 Å². The molecule has 1 N–H and O–H groups in total. The average Bonchev–Trinajstić information content (AvgIpc) is 3.64. The van der Waals surface area contributed by atoms with Gasteiger partial charge in [0.1, 0.15) is 5.75 Å². The number of carbonyl (C=O) groups excluding carboxylic acids is 2. The Morgan fingerprint density at radius 2 is 1.77 bits per heavy atom. The first-order valence-electron chi connectivity index (χ1n) is 16.0. The average molecular weight is 604 g/mol. The van der Waals surface area contributed by atoms with Gasteiger partial charge in [-0.25, -0.2) is 0 Å². The predicted octanol–water partition coefficient (Wildman–Crippen LogP) is 6.33. The van der Waals surface area contributed by atoms with Gasteiger partial charge < -0.3 is 19.9 Å². The first kappa shape index (κ1) is 31.3. The number of piperidine rings is 1. The van der Waals surface area contributed by atoms with Gasteiger partial charge in [-0.1, -0.05) is 31.4 Å². The lowest BCUT2D eigenvalue weighted by Gasteiger charge is -2.34. The zero-order valence-electron chi connectivity index (χ0n) is 25.1. The SMILES string of the molecule is CCN(C(=O)c1cc(-c2ccccc2OC(F)(F)F)n(C2CCCC2)n1)C(CCN1CCCCC1)CC(=O)NC1CCC1. The highest BCUT2D eigenvalue weighted by Crippen LogP contribution is 2.39. The molecular formula is C32H44F3N5O3. The molecule has 1 saturated heterocycles. The van der Waals surface area contributed by atoms with Gasteiger partial charge in [0.05, 0.1) is 11.7 Å². The summed E-state index contributed by atoms with van der Waals surface area (Å²) in [6.45, 7) is 5.14. The summed E-state index contributed by atoms with van der Waals surface area (Å²) in [7, 11) is 0. The van der Waals surface area contributed by atoms with Gasteiger partial charge in [0.2, 0.25) is 5.91 Å². The minimum Gasteiger partial charge on any atom is -0.405 e. The number of hydrogen-bond acceptors (Lipinski definition) is 5. The van der Waals surface area contributed by atoms with Crippen molar-refractivity contribution >= 4 is 11.8 Å². The standard InChI is InChI=1S/C32H44F3N5O3/c1-2-39(25(17-20-38-18-8-3-9-19-38)21-30(41)36-23-11-10-12-23)31(42)27-22-28(40(37-27)24-13-4-5-14-24)26-15-6-7-16-29(26)43-32(33,34)35/h6-7,15-16,22-25H,2-5,8-14,17-21H2,1H3,(H,36,41). The molecule has 1 unspecified atom stereocenters. The van der Waals surface area contributed by atoms with Gasteiger partial charge in [-0.15, -0.1) is 13.2 Å². The molecule has 43 heavy (non-hydrogen) atoms. The summed E-state index contributed by atoms with van der Waals surface area (Å²) in [5.41, 5.74) is 0.842. The smallest absolute Gasteiger partial charge is 0.405 e. The van der Waals surface area contributed by atoms with E-state index in [0.29, 0.717) is 18.7 Å². The molecule has 3 fully saturated rings. The molecule has 2 saturated carbocycles. The van der Waals surface area contributed by atoms with Crippen molar-refractivity contribution in [1.82, 2.24) is 24.9 Å². The summed E-state index contributed by atoms with van der Waals surface area (Å²) < 4.78 is 46.0. The molecular weight excluding hydrogens is 559 g/mol. The Labute approximate surface area is 251 Å². The van der Waals surface area contributed by atoms with Gasteiger partial charge in [0.15, 0.2) is 5.69 Å². The Morgan fingerprint density at radius 3 is 2.42 bits per heavy atom. The molecule has 2 heterocycles. The van der Waals surface area contributed by atoms with Gasteiger partial charge in [-0.3, -0.25) is 14.3 Å². The summed E-state index contributed by atoms with van der Waals surface area (Å²) in [4.78, 5) is 31.4. The third-order valence-electron chi connectivity index (χ3n) is 9.17. The van der Waals surface area contributed by atoms with Gasteiger partial charge in [-0.05, 0) is 89.6 Å². The van der Waals surface area contributed by atoms with Crippen LogP contribution in [0.1, 0.15) is 101 Å². The van der Waals surface area contributed by atoms with Crippen molar-refractivity contribution in [3.63, 3.8) is 0 Å². The van der Waals surface area contributed by atoms with Crippen molar-refractivity contribution in [2.45, 2.75) is 108 Å². The monoisotopic (exact) mass is 603 g/mol. The maximum Gasteiger partial charge on any atom is 0.573 e. The fraction of sp³-hybridized carbons (Fsp3) is 0.656. The molecule has 3 aliphatic rings. The highest BCUT2D eigenvalue weighted by atomic mass is 19.4. The highest BCUT2D eigenvalue weighted by Gasteiger charge is 2.35. The van der Waals surface area contributed by atoms with Gasteiger partial charge >= 0.3 is 6.36 Å². The van der Waals surface area contributed by atoms with Crippen molar-refractivity contribution in [1.29, 1.82) is 0 Å². The minimum atomic E-state index is -4.85. The second-order valence-corrected chi connectivity index (χ2v) is 12.2. The fourth-order valence-electron chi connectivity index (χ4n) is 6.67. The first-order chi connectivity index (χ1) is 20.7. The van der Waals surface area contributed by atoms with E-state index in [1.807, 2.05) is 6.92 Å². The van der Waals surface area contributed by atoms with E-state index in [9.17, 15) is 22.8 Å². The van der Waals surface area contributed by atoms with E-state index in [1.165, 1.54) is 18.6 Å². The molecule has 0 spiro atoms. The van der Waals surface area contributed by atoms with E-state index >= 15 is 0 Å². The van der Waals surface area contributed by atoms with E-state index in [1.54, 1.807) is 27.8 Å². The summed E-state index contributed by atoms with van der Waals surface area (Å²) in [5.74, 6) is -0.683. The topological polar surface area (TPSA) is 79.7 Å². The molecule has 236 valence electrons. The van der Waals surface area contributed by atoms with Crippen LogP contribution in [0.25, 0.3) is 11.3 Å². The lowest BCUT2D eigenvalue weighted by molar-refractivity contribution is -0.274. The molecule has 2 aromatic rings. The van der Waals surface area contributed by atoms with Crippen molar-refractivity contribution in [3.05, 3.63) is 36.0 Å². The van der Waals surface area contributed by atoms with Crippen LogP contribution >= 0.6 is 0 Å². The largest absolute Gasteiger partial charge is 0.573 e.